The van der Waals surface area contributed by atoms with Gasteiger partial charge in [-0.25, -0.2) is 8.42 Å². The van der Waals surface area contributed by atoms with E-state index in [-0.39, 0.29) is 23.5 Å². The van der Waals surface area contributed by atoms with Crippen LogP contribution in [-0.4, -0.2) is 33.5 Å². The van der Waals surface area contributed by atoms with Gasteiger partial charge in [-0.3, -0.25) is 9.10 Å². The molecule has 7 heteroatoms. The number of aryl methyl sites for hydroxylation is 2. The maximum Gasteiger partial charge on any atom is 0.265 e. The first kappa shape index (κ1) is 22.5. The van der Waals surface area contributed by atoms with Crippen molar-refractivity contribution in [1.82, 2.24) is 0 Å². The number of fused-ring (bicyclic) bond motifs is 2. The molecule has 0 radical (unpaired) electrons. The lowest BCUT2D eigenvalue weighted by Gasteiger charge is -2.30. The van der Waals surface area contributed by atoms with Crippen LogP contribution >= 0.6 is 0 Å². The molecule has 0 spiro atoms. The van der Waals surface area contributed by atoms with Crippen molar-refractivity contribution < 1.29 is 17.9 Å². The van der Waals surface area contributed by atoms with E-state index in [9.17, 15) is 13.2 Å². The van der Waals surface area contributed by atoms with Gasteiger partial charge in [-0.05, 0) is 80.1 Å². The van der Waals surface area contributed by atoms with Gasteiger partial charge in [-0.2, -0.15) is 0 Å². The van der Waals surface area contributed by atoms with E-state index in [2.05, 4.69) is 0 Å². The maximum atomic E-state index is 13.4. The quantitative estimate of drug-likeness (QED) is 0.544. The largest absolute Gasteiger partial charge is 0.483 e. The zero-order chi connectivity index (χ0) is 23.9. The van der Waals surface area contributed by atoms with Gasteiger partial charge in [-0.15, -0.1) is 0 Å². The number of carbonyl (C=O) groups excluding carboxylic acids is 1. The lowest BCUT2D eigenvalue weighted by Crippen LogP contribution is -2.39. The van der Waals surface area contributed by atoms with E-state index in [1.165, 1.54) is 4.31 Å². The van der Waals surface area contributed by atoms with Gasteiger partial charge >= 0.3 is 0 Å². The van der Waals surface area contributed by atoms with E-state index in [0.717, 1.165) is 41.8 Å². The highest BCUT2D eigenvalue weighted by Crippen LogP contribution is 2.34. The Morgan fingerprint density at radius 2 is 1.71 bits per heavy atom. The third-order valence-electron chi connectivity index (χ3n) is 6.63. The molecule has 0 N–H and O–H groups in total. The SMILES string of the molecule is Cc1cc(S(=O)(=O)N2CCCc3ccccc32)ccc1OCC(=O)N1c2ccccc2C[C@@H]1C. The fourth-order valence-electron chi connectivity index (χ4n) is 4.97. The molecular formula is C27H28N2O4S. The lowest BCUT2D eigenvalue weighted by atomic mass is 10.0. The van der Waals surface area contributed by atoms with Crippen molar-refractivity contribution in [3.63, 3.8) is 0 Å². The standard InChI is InChI=1S/C27H28N2O4S/c1-19-16-23(34(31,32)28-15-7-10-21-8-3-5-11-24(21)28)13-14-26(19)33-18-27(30)29-20(2)17-22-9-4-6-12-25(22)29/h3-6,8-9,11-14,16,20H,7,10,15,17-18H2,1-2H3/t20-/m0/s1. The van der Waals surface area contributed by atoms with Gasteiger partial charge in [0.2, 0.25) is 0 Å². The van der Waals surface area contributed by atoms with Crippen molar-refractivity contribution in [2.45, 2.75) is 44.0 Å². The summed E-state index contributed by atoms with van der Waals surface area (Å²) in [6, 6.07) is 20.5. The molecule has 1 amide bonds. The third kappa shape index (κ3) is 3.94. The number of ether oxygens (including phenoxy) is 1. The zero-order valence-electron chi connectivity index (χ0n) is 19.4. The highest BCUT2D eigenvalue weighted by atomic mass is 32.2. The fraction of sp³-hybridized carbons (Fsp3) is 0.296. The Labute approximate surface area is 200 Å². The van der Waals surface area contributed by atoms with Gasteiger partial charge in [0.15, 0.2) is 6.61 Å². The molecule has 0 saturated heterocycles. The Morgan fingerprint density at radius 3 is 2.47 bits per heavy atom. The number of anilines is 2. The number of hydrogen-bond acceptors (Lipinski definition) is 4. The molecule has 0 aromatic heterocycles. The van der Waals surface area contributed by atoms with E-state index >= 15 is 0 Å². The zero-order valence-corrected chi connectivity index (χ0v) is 20.2. The Hall–Kier alpha value is -3.32. The van der Waals surface area contributed by atoms with Crippen molar-refractivity contribution in [3.8, 4) is 5.75 Å². The predicted molar refractivity (Wildman–Crippen MR) is 133 cm³/mol. The van der Waals surface area contributed by atoms with Crippen LogP contribution in [0.5, 0.6) is 5.75 Å². The van der Waals surface area contributed by atoms with E-state index in [1.807, 2.05) is 55.5 Å². The summed E-state index contributed by atoms with van der Waals surface area (Å²) in [4.78, 5) is 15.0. The van der Waals surface area contributed by atoms with Crippen molar-refractivity contribution in [1.29, 1.82) is 0 Å². The molecular weight excluding hydrogens is 448 g/mol. The molecule has 0 bridgehead atoms. The highest BCUT2D eigenvalue weighted by molar-refractivity contribution is 7.92. The van der Waals surface area contributed by atoms with Crippen LogP contribution in [0.4, 0.5) is 11.4 Å². The fourth-order valence-corrected chi connectivity index (χ4v) is 6.60. The minimum Gasteiger partial charge on any atom is -0.483 e. The van der Waals surface area contributed by atoms with Crippen LogP contribution < -0.4 is 13.9 Å². The van der Waals surface area contributed by atoms with Gasteiger partial charge in [0.25, 0.3) is 15.9 Å². The average Bonchev–Trinajstić information content (AvgIpc) is 3.18. The van der Waals surface area contributed by atoms with Crippen molar-refractivity contribution in [3.05, 3.63) is 83.4 Å². The van der Waals surface area contributed by atoms with Crippen LogP contribution in [0.1, 0.15) is 30.0 Å². The molecule has 2 heterocycles. The van der Waals surface area contributed by atoms with Crippen LogP contribution in [0, 0.1) is 6.92 Å². The van der Waals surface area contributed by atoms with E-state index in [4.69, 9.17) is 4.74 Å². The van der Waals surface area contributed by atoms with Crippen LogP contribution in [0.15, 0.2) is 71.6 Å². The molecule has 0 unspecified atom stereocenters. The summed E-state index contributed by atoms with van der Waals surface area (Å²) < 4.78 is 34.2. The Bertz CT molecular complexity index is 1350. The number of rotatable bonds is 5. The molecule has 3 aromatic carbocycles. The van der Waals surface area contributed by atoms with E-state index < -0.39 is 10.0 Å². The summed E-state index contributed by atoms with van der Waals surface area (Å²) in [6.45, 7) is 4.18. The average molecular weight is 477 g/mol. The maximum absolute atomic E-state index is 13.4. The number of hydrogen-bond donors (Lipinski definition) is 0. The molecule has 1 atom stereocenters. The molecule has 5 rings (SSSR count). The van der Waals surface area contributed by atoms with Crippen LogP contribution in [0.25, 0.3) is 0 Å². The normalized spacial score (nSPS) is 17.3. The summed E-state index contributed by atoms with van der Waals surface area (Å²) in [5.41, 5.74) is 4.56. The molecule has 0 saturated carbocycles. The number of benzene rings is 3. The Morgan fingerprint density at radius 1 is 1.00 bits per heavy atom. The Kier molecular flexibility index (Phi) is 5.81. The minimum absolute atomic E-state index is 0.0783. The molecule has 3 aromatic rings. The first-order valence-electron chi connectivity index (χ1n) is 11.6. The topological polar surface area (TPSA) is 66.9 Å². The molecule has 0 aliphatic carbocycles. The monoisotopic (exact) mass is 476 g/mol. The summed E-state index contributed by atoms with van der Waals surface area (Å²) >= 11 is 0. The van der Waals surface area contributed by atoms with Crippen molar-refractivity contribution in [2.24, 2.45) is 0 Å². The van der Waals surface area contributed by atoms with Gasteiger partial charge in [0, 0.05) is 18.3 Å². The molecule has 0 fully saturated rings. The van der Waals surface area contributed by atoms with Crippen LogP contribution in [0.2, 0.25) is 0 Å². The van der Waals surface area contributed by atoms with Gasteiger partial charge in [0.05, 0.1) is 10.6 Å². The summed E-state index contributed by atoms with van der Waals surface area (Å²) in [6.07, 6.45) is 2.49. The smallest absolute Gasteiger partial charge is 0.265 e. The molecule has 2 aliphatic rings. The van der Waals surface area contributed by atoms with Gasteiger partial charge in [-0.1, -0.05) is 36.4 Å². The molecule has 6 nitrogen and oxygen atoms in total. The third-order valence-corrected chi connectivity index (χ3v) is 8.44. The number of para-hydroxylation sites is 2. The second-order valence-electron chi connectivity index (χ2n) is 8.97. The Balaban J connectivity index is 1.32. The first-order valence-corrected chi connectivity index (χ1v) is 13.0. The molecule has 34 heavy (non-hydrogen) atoms. The number of sulfonamides is 1. The number of carbonyl (C=O) groups is 1. The highest BCUT2D eigenvalue weighted by Gasteiger charge is 2.31. The summed E-state index contributed by atoms with van der Waals surface area (Å²) in [5.74, 6) is 0.393. The first-order chi connectivity index (χ1) is 16.4. The molecule has 2 aliphatic heterocycles. The number of amides is 1. The van der Waals surface area contributed by atoms with E-state index in [1.54, 1.807) is 30.0 Å². The second kappa shape index (κ2) is 8.80. The summed E-state index contributed by atoms with van der Waals surface area (Å²) in [5, 5.41) is 0. The van der Waals surface area contributed by atoms with Gasteiger partial charge in [0.1, 0.15) is 5.75 Å². The predicted octanol–water partition coefficient (Wildman–Crippen LogP) is 4.49. The molecule has 176 valence electrons. The second-order valence-corrected chi connectivity index (χ2v) is 10.8. The van der Waals surface area contributed by atoms with Crippen molar-refractivity contribution >= 4 is 27.3 Å². The minimum atomic E-state index is -3.70. The van der Waals surface area contributed by atoms with Crippen LogP contribution in [0.3, 0.4) is 0 Å². The lowest BCUT2D eigenvalue weighted by molar-refractivity contribution is -0.120. The number of nitrogens with zero attached hydrogens (tertiary/aromatic N) is 2. The summed E-state index contributed by atoms with van der Waals surface area (Å²) in [7, 11) is -3.70. The van der Waals surface area contributed by atoms with Crippen LogP contribution in [-0.2, 0) is 27.7 Å². The van der Waals surface area contributed by atoms with E-state index in [0.29, 0.717) is 17.9 Å². The van der Waals surface area contributed by atoms with Crippen molar-refractivity contribution in [2.75, 3.05) is 22.4 Å². The van der Waals surface area contributed by atoms with Gasteiger partial charge < -0.3 is 9.64 Å².